The highest BCUT2D eigenvalue weighted by Gasteiger charge is 2.23. The molecule has 0 amide bonds. The van der Waals surface area contributed by atoms with E-state index in [0.717, 1.165) is 12.7 Å². The topological polar surface area (TPSA) is 17.1 Å². The fourth-order valence-corrected chi connectivity index (χ4v) is 2.55. The van der Waals surface area contributed by atoms with Crippen LogP contribution >= 0.6 is 0 Å². The minimum atomic E-state index is -1.15. The van der Waals surface area contributed by atoms with Crippen molar-refractivity contribution >= 4 is 14.4 Å². The molecule has 0 radical (unpaired) electrons. The van der Waals surface area contributed by atoms with E-state index in [0.29, 0.717) is 5.54 Å². The summed E-state index contributed by atoms with van der Waals surface area (Å²) in [7, 11) is -1.15. The predicted octanol–water partition coefficient (Wildman–Crippen LogP) is 2.30. The van der Waals surface area contributed by atoms with E-state index in [-0.39, 0.29) is 0 Å². The first-order chi connectivity index (χ1) is 4.02. The first kappa shape index (κ1) is 8.89. The molecule has 0 aromatic heterocycles. The fourth-order valence-electron chi connectivity index (χ4n) is 0.913. The maximum atomic E-state index is 10.4. The van der Waals surface area contributed by atoms with Gasteiger partial charge in [-0.25, -0.2) is 0 Å². The minimum absolute atomic E-state index is 0.359. The molecule has 0 bridgehead atoms. The summed E-state index contributed by atoms with van der Waals surface area (Å²) in [6.45, 7) is 8.78. The normalized spacial score (nSPS) is 15.1. The number of carbonyl (C=O) groups excluding carboxylic acids is 1. The van der Waals surface area contributed by atoms with E-state index in [4.69, 9.17) is 0 Å². The van der Waals surface area contributed by atoms with Gasteiger partial charge in [0.1, 0.15) is 6.29 Å². The molecule has 0 saturated carbocycles. The lowest BCUT2D eigenvalue weighted by Crippen LogP contribution is -2.28. The van der Waals surface area contributed by atoms with Crippen LogP contribution in [0.3, 0.4) is 0 Å². The van der Waals surface area contributed by atoms with Crippen LogP contribution in [-0.4, -0.2) is 14.4 Å². The summed E-state index contributed by atoms with van der Waals surface area (Å²) in [5.41, 5.74) is 0.359. The van der Waals surface area contributed by atoms with Gasteiger partial charge >= 0.3 is 0 Å². The smallest absolute Gasteiger partial charge is 0.120 e. The van der Waals surface area contributed by atoms with Gasteiger partial charge in [0.25, 0.3) is 0 Å². The van der Waals surface area contributed by atoms with E-state index >= 15 is 0 Å². The van der Waals surface area contributed by atoms with Crippen molar-refractivity contribution in [3.63, 3.8) is 0 Å². The van der Waals surface area contributed by atoms with Crippen LogP contribution in [0.1, 0.15) is 13.3 Å². The van der Waals surface area contributed by atoms with Crippen LogP contribution in [0.15, 0.2) is 0 Å². The zero-order chi connectivity index (χ0) is 7.49. The number of hydrogen-bond donors (Lipinski definition) is 0. The Bertz CT molecular complexity index is 93.6. The molecule has 0 aliphatic rings. The van der Waals surface area contributed by atoms with Crippen LogP contribution in [0, 0.1) is 0 Å². The van der Waals surface area contributed by atoms with Crippen molar-refractivity contribution in [1.29, 1.82) is 0 Å². The largest absolute Gasteiger partial charge is 0.303 e. The maximum absolute atomic E-state index is 10.4. The van der Waals surface area contributed by atoms with Gasteiger partial charge in [-0.2, -0.15) is 0 Å². The van der Waals surface area contributed by atoms with Gasteiger partial charge in [-0.1, -0.05) is 26.6 Å². The monoisotopic (exact) mass is 144 g/mol. The second kappa shape index (κ2) is 3.16. The van der Waals surface area contributed by atoms with Gasteiger partial charge in [0.15, 0.2) is 0 Å². The Morgan fingerprint density at radius 2 is 1.89 bits per heavy atom. The van der Waals surface area contributed by atoms with Gasteiger partial charge in [0.2, 0.25) is 0 Å². The second-order valence-corrected chi connectivity index (χ2v) is 8.99. The summed E-state index contributed by atoms with van der Waals surface area (Å²) < 4.78 is 0. The molecule has 54 valence electrons. The highest BCUT2D eigenvalue weighted by molar-refractivity contribution is 6.79. The molecule has 1 unspecified atom stereocenters. The molecule has 0 fully saturated rings. The second-order valence-electron chi connectivity index (χ2n) is 3.52. The molecule has 1 nitrogen and oxygen atoms in total. The van der Waals surface area contributed by atoms with Crippen LogP contribution in [0.5, 0.6) is 0 Å². The number of rotatable bonds is 3. The highest BCUT2D eigenvalue weighted by Crippen LogP contribution is 2.21. The molecule has 0 N–H and O–H groups in total. The highest BCUT2D eigenvalue weighted by atomic mass is 28.3. The summed E-state index contributed by atoms with van der Waals surface area (Å²) in [6.07, 6.45) is 2.13. The fraction of sp³-hybridized carbons (Fsp3) is 0.857. The van der Waals surface area contributed by atoms with Crippen molar-refractivity contribution in [3.05, 3.63) is 0 Å². The summed E-state index contributed by atoms with van der Waals surface area (Å²) in [5.74, 6) is 0. The predicted molar refractivity (Wildman–Crippen MR) is 43.5 cm³/mol. The lowest BCUT2D eigenvalue weighted by molar-refractivity contribution is -0.107. The number of aldehydes is 1. The Morgan fingerprint density at radius 1 is 1.44 bits per heavy atom. The zero-order valence-corrected chi connectivity index (χ0v) is 7.77. The summed E-state index contributed by atoms with van der Waals surface area (Å²) >= 11 is 0. The molecular formula is C7H16OSi. The molecule has 0 aliphatic carbocycles. The van der Waals surface area contributed by atoms with Crippen LogP contribution < -0.4 is 0 Å². The molecule has 0 heterocycles. The third-order valence-electron chi connectivity index (χ3n) is 1.72. The van der Waals surface area contributed by atoms with Crippen LogP contribution in [0.2, 0.25) is 25.2 Å². The van der Waals surface area contributed by atoms with Crippen LogP contribution in [-0.2, 0) is 4.79 Å². The van der Waals surface area contributed by atoms with E-state index in [1.54, 1.807) is 0 Å². The van der Waals surface area contributed by atoms with Gasteiger partial charge in [-0.15, -0.1) is 0 Å². The van der Waals surface area contributed by atoms with Gasteiger partial charge in [0.05, 0.1) is 8.07 Å². The van der Waals surface area contributed by atoms with Crippen molar-refractivity contribution < 1.29 is 4.79 Å². The quantitative estimate of drug-likeness (QED) is 0.439. The molecule has 0 aromatic rings. The first-order valence-corrected chi connectivity index (χ1v) is 7.05. The molecule has 0 aliphatic heterocycles. The zero-order valence-electron chi connectivity index (χ0n) is 6.77. The standard InChI is InChI=1S/C7H16OSi/c1-5-7(6-8)9(2,3)4/h6-7H,5H2,1-4H3. The average Bonchev–Trinajstić information content (AvgIpc) is 1.65. The molecule has 0 saturated heterocycles. The van der Waals surface area contributed by atoms with E-state index in [1.165, 1.54) is 0 Å². The van der Waals surface area contributed by atoms with E-state index in [9.17, 15) is 4.79 Å². The van der Waals surface area contributed by atoms with Crippen LogP contribution in [0.4, 0.5) is 0 Å². The van der Waals surface area contributed by atoms with E-state index < -0.39 is 8.07 Å². The maximum Gasteiger partial charge on any atom is 0.120 e. The molecule has 0 spiro atoms. The molecular weight excluding hydrogens is 128 g/mol. The van der Waals surface area contributed by atoms with E-state index in [2.05, 4.69) is 26.6 Å². The van der Waals surface area contributed by atoms with Crippen molar-refractivity contribution in [2.75, 3.05) is 0 Å². The molecule has 0 aromatic carbocycles. The molecule has 9 heavy (non-hydrogen) atoms. The Hall–Kier alpha value is -0.113. The summed E-state index contributed by atoms with van der Waals surface area (Å²) in [4.78, 5) is 10.4. The average molecular weight is 144 g/mol. The Balaban J connectivity index is 3.94. The molecule has 2 heteroatoms. The lowest BCUT2D eigenvalue weighted by atomic mass is 10.4. The van der Waals surface area contributed by atoms with Crippen LogP contribution in [0.25, 0.3) is 0 Å². The van der Waals surface area contributed by atoms with Crippen molar-refractivity contribution in [3.8, 4) is 0 Å². The third-order valence-corrected chi connectivity index (χ3v) is 4.49. The van der Waals surface area contributed by atoms with Gasteiger partial charge in [0, 0.05) is 5.54 Å². The lowest BCUT2D eigenvalue weighted by Gasteiger charge is -2.21. The van der Waals surface area contributed by atoms with E-state index in [1.807, 2.05) is 0 Å². The Kier molecular flexibility index (Phi) is 3.12. The Morgan fingerprint density at radius 3 is 1.89 bits per heavy atom. The molecule has 1 atom stereocenters. The summed E-state index contributed by atoms with van der Waals surface area (Å²) in [6, 6.07) is 0. The van der Waals surface area contributed by atoms with Gasteiger partial charge in [-0.05, 0) is 6.42 Å². The Labute approximate surface area is 58.5 Å². The number of hydrogen-bond acceptors (Lipinski definition) is 1. The van der Waals surface area contributed by atoms with Gasteiger partial charge < -0.3 is 4.79 Å². The third kappa shape index (κ3) is 2.80. The first-order valence-electron chi connectivity index (χ1n) is 3.47. The van der Waals surface area contributed by atoms with Crippen molar-refractivity contribution in [1.82, 2.24) is 0 Å². The molecule has 0 rings (SSSR count). The number of carbonyl (C=O) groups is 1. The SMILES string of the molecule is CCC(C=O)[Si](C)(C)C. The van der Waals surface area contributed by atoms with Crippen molar-refractivity contribution in [2.24, 2.45) is 0 Å². The summed E-state index contributed by atoms with van der Waals surface area (Å²) in [5, 5.41) is 0. The minimum Gasteiger partial charge on any atom is -0.303 e. The van der Waals surface area contributed by atoms with Crippen molar-refractivity contribution in [2.45, 2.75) is 38.5 Å². The van der Waals surface area contributed by atoms with Gasteiger partial charge in [-0.3, -0.25) is 0 Å².